The number of amides is 1. The van der Waals surface area contributed by atoms with Gasteiger partial charge in [0.25, 0.3) is 0 Å². The van der Waals surface area contributed by atoms with Crippen LogP contribution in [-0.4, -0.2) is 15.9 Å². The first-order valence-electron chi connectivity index (χ1n) is 4.62. The number of carbonyl (C=O) groups excluding carboxylic acids is 1. The van der Waals surface area contributed by atoms with Gasteiger partial charge in [-0.15, -0.1) is 0 Å². The lowest BCUT2D eigenvalue weighted by molar-refractivity contribution is -0.124. The van der Waals surface area contributed by atoms with Crippen LogP contribution in [-0.2, 0) is 11.3 Å². The molecular formula is C10H12N4O. The van der Waals surface area contributed by atoms with Crippen LogP contribution in [0.15, 0.2) is 12.4 Å². The lowest BCUT2D eigenvalue weighted by atomic mass is 10.2. The van der Waals surface area contributed by atoms with E-state index in [1.54, 1.807) is 0 Å². The molecule has 0 aliphatic carbocycles. The Bertz CT molecular complexity index is 395. The van der Waals surface area contributed by atoms with Gasteiger partial charge in [0.05, 0.1) is 24.6 Å². The van der Waals surface area contributed by atoms with Crippen LogP contribution in [0.25, 0.3) is 0 Å². The fraction of sp³-hybridized carbons (Fsp3) is 0.400. The maximum absolute atomic E-state index is 11.2. The van der Waals surface area contributed by atoms with Crippen molar-refractivity contribution in [3.8, 4) is 6.07 Å². The topological polar surface area (TPSA) is 78.7 Å². The summed E-state index contributed by atoms with van der Waals surface area (Å²) in [6, 6.07) is 1.89. The summed E-state index contributed by atoms with van der Waals surface area (Å²) in [4.78, 5) is 19.1. The van der Waals surface area contributed by atoms with E-state index >= 15 is 0 Å². The summed E-state index contributed by atoms with van der Waals surface area (Å²) in [7, 11) is 0. The fourth-order valence-electron chi connectivity index (χ4n) is 0.927. The molecule has 0 saturated carbocycles. The highest BCUT2D eigenvalue weighted by Crippen LogP contribution is 1.96. The van der Waals surface area contributed by atoms with Crippen LogP contribution in [0.4, 0.5) is 0 Å². The van der Waals surface area contributed by atoms with Crippen molar-refractivity contribution in [3.05, 3.63) is 23.8 Å². The van der Waals surface area contributed by atoms with E-state index in [2.05, 4.69) is 15.3 Å². The third-order valence-corrected chi connectivity index (χ3v) is 1.77. The van der Waals surface area contributed by atoms with Gasteiger partial charge in [-0.05, 0) is 0 Å². The number of rotatable bonds is 3. The molecule has 5 heteroatoms. The minimum Gasteiger partial charge on any atom is -0.350 e. The fourth-order valence-corrected chi connectivity index (χ4v) is 0.927. The summed E-state index contributed by atoms with van der Waals surface area (Å²) in [5.41, 5.74) is 0.842. The van der Waals surface area contributed by atoms with Crippen LogP contribution in [0.3, 0.4) is 0 Å². The van der Waals surface area contributed by atoms with E-state index in [9.17, 15) is 4.79 Å². The van der Waals surface area contributed by atoms with E-state index in [1.807, 2.05) is 19.9 Å². The van der Waals surface area contributed by atoms with Gasteiger partial charge in [-0.2, -0.15) is 5.26 Å². The average Bonchev–Trinajstić information content (AvgIpc) is 2.26. The normalized spacial score (nSPS) is 9.73. The largest absolute Gasteiger partial charge is 0.350 e. The quantitative estimate of drug-likeness (QED) is 0.782. The van der Waals surface area contributed by atoms with Crippen molar-refractivity contribution in [2.75, 3.05) is 0 Å². The van der Waals surface area contributed by atoms with E-state index in [4.69, 9.17) is 5.26 Å². The molecule has 78 valence electrons. The highest BCUT2D eigenvalue weighted by Gasteiger charge is 2.06. The van der Waals surface area contributed by atoms with Gasteiger partial charge in [0.2, 0.25) is 5.91 Å². The Balaban J connectivity index is 2.59. The average molecular weight is 204 g/mol. The Morgan fingerprint density at radius 2 is 2.33 bits per heavy atom. The summed E-state index contributed by atoms with van der Waals surface area (Å²) in [5.74, 6) is -0.101. The molecule has 0 spiro atoms. The Morgan fingerprint density at radius 3 is 2.93 bits per heavy atom. The number of aromatic nitrogens is 2. The molecule has 1 heterocycles. The molecule has 0 unspecified atom stereocenters. The first-order valence-corrected chi connectivity index (χ1v) is 4.62. The Morgan fingerprint density at radius 1 is 1.60 bits per heavy atom. The second-order valence-electron chi connectivity index (χ2n) is 3.38. The van der Waals surface area contributed by atoms with Crippen LogP contribution in [0.2, 0.25) is 0 Å². The van der Waals surface area contributed by atoms with Crippen molar-refractivity contribution in [2.24, 2.45) is 5.92 Å². The predicted octanol–water partition coefficient (Wildman–Crippen LogP) is 0.620. The van der Waals surface area contributed by atoms with Crippen molar-refractivity contribution in [1.82, 2.24) is 15.3 Å². The lowest BCUT2D eigenvalue weighted by Gasteiger charge is -2.06. The first kappa shape index (κ1) is 11.1. The molecule has 0 saturated heterocycles. The van der Waals surface area contributed by atoms with Crippen molar-refractivity contribution in [2.45, 2.75) is 20.4 Å². The van der Waals surface area contributed by atoms with Gasteiger partial charge in [-0.3, -0.25) is 9.78 Å². The molecular weight excluding hydrogens is 192 g/mol. The summed E-state index contributed by atoms with van der Waals surface area (Å²) in [6.07, 6.45) is 2.91. The maximum Gasteiger partial charge on any atom is 0.222 e. The Kier molecular flexibility index (Phi) is 3.75. The van der Waals surface area contributed by atoms with Crippen LogP contribution in [0.1, 0.15) is 25.2 Å². The van der Waals surface area contributed by atoms with Gasteiger partial charge in [0.15, 0.2) is 5.69 Å². The molecule has 0 bridgehead atoms. The molecule has 0 atom stereocenters. The molecule has 0 radical (unpaired) electrons. The van der Waals surface area contributed by atoms with Gasteiger partial charge in [-0.25, -0.2) is 4.98 Å². The Hall–Kier alpha value is -1.96. The zero-order valence-corrected chi connectivity index (χ0v) is 8.69. The number of carbonyl (C=O) groups is 1. The minimum atomic E-state index is -0.0582. The van der Waals surface area contributed by atoms with Crippen molar-refractivity contribution < 1.29 is 4.79 Å². The zero-order chi connectivity index (χ0) is 11.3. The monoisotopic (exact) mass is 204 g/mol. The molecule has 0 aliphatic rings. The molecule has 5 nitrogen and oxygen atoms in total. The summed E-state index contributed by atoms with van der Waals surface area (Å²) < 4.78 is 0. The zero-order valence-electron chi connectivity index (χ0n) is 8.69. The summed E-state index contributed by atoms with van der Waals surface area (Å²) in [5, 5.41) is 11.3. The number of nitrogens with zero attached hydrogens (tertiary/aromatic N) is 3. The van der Waals surface area contributed by atoms with Gasteiger partial charge >= 0.3 is 0 Å². The third kappa shape index (κ3) is 3.35. The van der Waals surface area contributed by atoms with Crippen molar-refractivity contribution in [1.29, 1.82) is 5.26 Å². The number of nitriles is 1. The van der Waals surface area contributed by atoms with Gasteiger partial charge in [0.1, 0.15) is 6.07 Å². The van der Waals surface area contributed by atoms with Crippen LogP contribution < -0.4 is 5.32 Å². The SMILES string of the molecule is CC(C)C(=O)NCc1cncc(C#N)n1. The molecule has 1 N–H and O–H groups in total. The maximum atomic E-state index is 11.2. The molecule has 1 rings (SSSR count). The van der Waals surface area contributed by atoms with E-state index < -0.39 is 0 Å². The van der Waals surface area contributed by atoms with E-state index in [-0.39, 0.29) is 17.5 Å². The van der Waals surface area contributed by atoms with Crippen LogP contribution in [0.5, 0.6) is 0 Å². The minimum absolute atomic E-state index is 0.0424. The Labute approximate surface area is 88.2 Å². The second kappa shape index (κ2) is 5.05. The predicted molar refractivity (Wildman–Crippen MR) is 53.4 cm³/mol. The number of hydrogen-bond acceptors (Lipinski definition) is 4. The lowest BCUT2D eigenvalue weighted by Crippen LogP contribution is -2.27. The molecule has 1 aromatic heterocycles. The molecule has 1 amide bonds. The third-order valence-electron chi connectivity index (χ3n) is 1.77. The molecule has 0 aromatic carbocycles. The van der Waals surface area contributed by atoms with Gasteiger partial charge < -0.3 is 5.32 Å². The molecule has 0 fully saturated rings. The second-order valence-corrected chi connectivity index (χ2v) is 3.38. The van der Waals surface area contributed by atoms with Gasteiger partial charge in [-0.1, -0.05) is 13.8 Å². The van der Waals surface area contributed by atoms with E-state index in [1.165, 1.54) is 12.4 Å². The van der Waals surface area contributed by atoms with Crippen molar-refractivity contribution >= 4 is 5.91 Å². The number of hydrogen-bond donors (Lipinski definition) is 1. The highest BCUT2D eigenvalue weighted by atomic mass is 16.1. The van der Waals surface area contributed by atoms with Crippen molar-refractivity contribution in [3.63, 3.8) is 0 Å². The molecule has 0 aliphatic heterocycles. The van der Waals surface area contributed by atoms with Gasteiger partial charge in [0, 0.05) is 5.92 Å². The van der Waals surface area contributed by atoms with E-state index in [0.717, 1.165) is 0 Å². The number of nitrogens with one attached hydrogen (secondary N) is 1. The smallest absolute Gasteiger partial charge is 0.222 e. The molecule has 15 heavy (non-hydrogen) atoms. The van der Waals surface area contributed by atoms with E-state index in [0.29, 0.717) is 12.2 Å². The molecule has 1 aromatic rings. The van der Waals surface area contributed by atoms with Crippen LogP contribution >= 0.6 is 0 Å². The highest BCUT2D eigenvalue weighted by molar-refractivity contribution is 5.77. The first-order chi connectivity index (χ1) is 7.13. The summed E-state index contributed by atoms with van der Waals surface area (Å²) >= 11 is 0. The van der Waals surface area contributed by atoms with Crippen LogP contribution in [0, 0.1) is 17.2 Å². The summed E-state index contributed by atoms with van der Waals surface area (Å²) in [6.45, 7) is 3.93. The standard InChI is InChI=1S/C10H12N4O/c1-7(2)10(15)13-6-9-5-12-4-8(3-11)14-9/h4-5,7H,6H2,1-2H3,(H,13,15).